The number of nitrogens with zero attached hydrogens (tertiary/aromatic N) is 2. The van der Waals surface area contributed by atoms with Gasteiger partial charge in [0.25, 0.3) is 0 Å². The molecule has 0 saturated heterocycles. The zero-order chi connectivity index (χ0) is 7.72. The maximum Gasteiger partial charge on any atom is 0.184 e. The second kappa shape index (κ2) is 2.38. The lowest BCUT2D eigenvalue weighted by Gasteiger charge is -1.94. The first kappa shape index (κ1) is 7.21. The predicted molar refractivity (Wildman–Crippen MR) is 43.0 cm³/mol. The molecule has 0 aliphatic rings. The maximum absolute atomic E-state index is 8.89. The molecule has 4 heteroatoms. The molecule has 1 heterocycles. The highest BCUT2D eigenvalue weighted by Crippen LogP contribution is 2.09. The Morgan fingerprint density at radius 2 is 2.50 bits per heavy atom. The van der Waals surface area contributed by atoms with Crippen LogP contribution >= 0.6 is 12.8 Å². The standard InChI is InChI=1S/C6H8N2OS/c1-4-3-8(10)6(7-4)5(2)9/h3,9-10H,2H2,1H3. The molecule has 1 aromatic rings. The lowest BCUT2D eigenvalue weighted by atomic mass is 10.5. The van der Waals surface area contributed by atoms with Gasteiger partial charge in [-0.2, -0.15) is 0 Å². The van der Waals surface area contributed by atoms with E-state index in [-0.39, 0.29) is 5.76 Å². The molecule has 0 unspecified atom stereocenters. The number of aliphatic hydroxyl groups excluding tert-OH is 1. The van der Waals surface area contributed by atoms with E-state index in [2.05, 4.69) is 24.4 Å². The van der Waals surface area contributed by atoms with Crippen LogP contribution in [0.15, 0.2) is 12.8 Å². The van der Waals surface area contributed by atoms with E-state index in [0.717, 1.165) is 5.69 Å². The smallest absolute Gasteiger partial charge is 0.184 e. The number of aliphatic hydroxyl groups is 1. The molecule has 0 radical (unpaired) electrons. The van der Waals surface area contributed by atoms with Crippen LogP contribution < -0.4 is 0 Å². The van der Waals surface area contributed by atoms with Gasteiger partial charge in [0.05, 0.1) is 5.69 Å². The molecule has 0 aromatic carbocycles. The average Bonchev–Trinajstić information content (AvgIpc) is 2.10. The molecular weight excluding hydrogens is 148 g/mol. The topological polar surface area (TPSA) is 38.1 Å². The molecule has 1 aromatic heterocycles. The predicted octanol–water partition coefficient (Wildman–Crippen LogP) is 1.41. The fraction of sp³-hybridized carbons (Fsp3) is 0.167. The summed E-state index contributed by atoms with van der Waals surface area (Å²) in [7, 11) is 0. The van der Waals surface area contributed by atoms with Crippen molar-refractivity contribution in [2.75, 3.05) is 0 Å². The Hall–Kier alpha value is -0.900. The van der Waals surface area contributed by atoms with Crippen LogP contribution in [0.25, 0.3) is 5.76 Å². The molecule has 0 aliphatic carbocycles. The van der Waals surface area contributed by atoms with Gasteiger partial charge in [-0.25, -0.2) is 4.98 Å². The Morgan fingerprint density at radius 3 is 2.70 bits per heavy atom. The van der Waals surface area contributed by atoms with Gasteiger partial charge < -0.3 is 5.11 Å². The quantitative estimate of drug-likeness (QED) is 0.476. The molecule has 0 spiro atoms. The molecule has 10 heavy (non-hydrogen) atoms. The first-order chi connectivity index (χ1) is 4.61. The van der Waals surface area contributed by atoms with Crippen molar-refractivity contribution in [2.24, 2.45) is 0 Å². The number of aromatic nitrogens is 2. The van der Waals surface area contributed by atoms with Gasteiger partial charge in [0.15, 0.2) is 11.6 Å². The second-order valence-corrected chi connectivity index (χ2v) is 2.43. The Balaban J connectivity index is 3.15. The van der Waals surface area contributed by atoms with Gasteiger partial charge in [0, 0.05) is 6.20 Å². The monoisotopic (exact) mass is 156 g/mol. The zero-order valence-electron chi connectivity index (χ0n) is 5.57. The Kier molecular flexibility index (Phi) is 1.72. The third-order valence-electron chi connectivity index (χ3n) is 1.07. The van der Waals surface area contributed by atoms with Crippen molar-refractivity contribution >= 4 is 18.6 Å². The summed E-state index contributed by atoms with van der Waals surface area (Å²) in [4.78, 5) is 3.95. The SMILES string of the molecule is C=C(O)c1nc(C)cn1S. The summed E-state index contributed by atoms with van der Waals surface area (Å²) in [5.41, 5.74) is 0.806. The molecule has 1 N–H and O–H groups in total. The fourth-order valence-electron chi connectivity index (χ4n) is 0.682. The number of hydrogen-bond acceptors (Lipinski definition) is 3. The summed E-state index contributed by atoms with van der Waals surface area (Å²) in [6.45, 7) is 5.14. The van der Waals surface area contributed by atoms with Crippen molar-refractivity contribution in [1.29, 1.82) is 0 Å². The number of hydrogen-bond donors (Lipinski definition) is 2. The Morgan fingerprint density at radius 1 is 1.90 bits per heavy atom. The second-order valence-electron chi connectivity index (χ2n) is 2.00. The highest BCUT2D eigenvalue weighted by molar-refractivity contribution is 7.78. The first-order valence-corrected chi connectivity index (χ1v) is 3.14. The van der Waals surface area contributed by atoms with Gasteiger partial charge in [0.2, 0.25) is 0 Å². The van der Waals surface area contributed by atoms with Crippen molar-refractivity contribution in [3.63, 3.8) is 0 Å². The summed E-state index contributed by atoms with van der Waals surface area (Å²) in [6, 6.07) is 0. The normalized spacial score (nSPS) is 9.80. The number of aryl methyl sites for hydroxylation is 1. The minimum atomic E-state index is -0.0666. The average molecular weight is 156 g/mol. The van der Waals surface area contributed by atoms with Crippen molar-refractivity contribution in [1.82, 2.24) is 8.96 Å². The van der Waals surface area contributed by atoms with Crippen molar-refractivity contribution < 1.29 is 5.11 Å². The minimum Gasteiger partial charge on any atom is -0.505 e. The summed E-state index contributed by atoms with van der Waals surface area (Å²) in [6.07, 6.45) is 1.69. The van der Waals surface area contributed by atoms with Crippen LogP contribution in [-0.4, -0.2) is 14.1 Å². The van der Waals surface area contributed by atoms with Crippen LogP contribution in [0.5, 0.6) is 0 Å². The maximum atomic E-state index is 8.89. The highest BCUT2D eigenvalue weighted by Gasteiger charge is 2.03. The summed E-state index contributed by atoms with van der Waals surface area (Å²) in [5, 5.41) is 8.89. The van der Waals surface area contributed by atoms with Crippen molar-refractivity contribution in [2.45, 2.75) is 6.92 Å². The number of imidazole rings is 1. The van der Waals surface area contributed by atoms with E-state index in [1.807, 2.05) is 6.92 Å². The molecule has 1 rings (SSSR count). The highest BCUT2D eigenvalue weighted by atomic mass is 32.1. The van der Waals surface area contributed by atoms with Gasteiger partial charge >= 0.3 is 0 Å². The largest absolute Gasteiger partial charge is 0.505 e. The Bertz CT molecular complexity index is 267. The van der Waals surface area contributed by atoms with Gasteiger partial charge in [0.1, 0.15) is 0 Å². The van der Waals surface area contributed by atoms with E-state index in [4.69, 9.17) is 5.11 Å². The van der Waals surface area contributed by atoms with Crippen LogP contribution in [-0.2, 0) is 0 Å². The van der Waals surface area contributed by atoms with Crippen LogP contribution in [0.3, 0.4) is 0 Å². The van der Waals surface area contributed by atoms with Gasteiger partial charge in [-0.1, -0.05) is 19.4 Å². The van der Waals surface area contributed by atoms with E-state index >= 15 is 0 Å². The zero-order valence-corrected chi connectivity index (χ0v) is 6.47. The van der Waals surface area contributed by atoms with Gasteiger partial charge in [-0.3, -0.25) is 3.97 Å². The van der Waals surface area contributed by atoms with E-state index in [9.17, 15) is 0 Å². The Labute approximate surface area is 64.6 Å². The molecule has 0 fully saturated rings. The third kappa shape index (κ3) is 1.16. The van der Waals surface area contributed by atoms with E-state index in [1.165, 1.54) is 3.97 Å². The van der Waals surface area contributed by atoms with Crippen molar-refractivity contribution in [3.05, 3.63) is 24.3 Å². The molecule has 0 atom stereocenters. The van der Waals surface area contributed by atoms with Gasteiger partial charge in [-0.05, 0) is 6.92 Å². The molecule has 0 amide bonds. The minimum absolute atomic E-state index is 0.0666. The molecule has 3 nitrogen and oxygen atoms in total. The number of thiol groups is 1. The van der Waals surface area contributed by atoms with Crippen LogP contribution in [0.4, 0.5) is 0 Å². The van der Waals surface area contributed by atoms with Crippen LogP contribution in [0, 0.1) is 6.92 Å². The van der Waals surface area contributed by atoms with Crippen molar-refractivity contribution in [3.8, 4) is 0 Å². The summed E-state index contributed by atoms with van der Waals surface area (Å²) in [5.74, 6) is 0.323. The molecule has 0 aliphatic heterocycles. The molecule has 0 bridgehead atoms. The van der Waals surface area contributed by atoms with E-state index < -0.39 is 0 Å². The van der Waals surface area contributed by atoms with Crippen LogP contribution in [0.1, 0.15) is 11.5 Å². The third-order valence-corrected chi connectivity index (χ3v) is 1.37. The number of rotatable bonds is 1. The van der Waals surface area contributed by atoms with E-state index in [0.29, 0.717) is 5.82 Å². The van der Waals surface area contributed by atoms with Gasteiger partial charge in [-0.15, -0.1) is 0 Å². The fourth-order valence-corrected chi connectivity index (χ4v) is 1.01. The van der Waals surface area contributed by atoms with E-state index in [1.54, 1.807) is 6.20 Å². The molecule has 54 valence electrons. The molecular formula is C6H8N2OS. The first-order valence-electron chi connectivity index (χ1n) is 2.74. The lowest BCUT2D eigenvalue weighted by Crippen LogP contribution is -1.88. The summed E-state index contributed by atoms with van der Waals surface area (Å²) < 4.78 is 1.43. The summed E-state index contributed by atoms with van der Waals surface area (Å²) >= 11 is 3.99. The molecule has 0 saturated carbocycles. The van der Waals surface area contributed by atoms with Crippen LogP contribution in [0.2, 0.25) is 0 Å². The lowest BCUT2D eigenvalue weighted by molar-refractivity contribution is 0.507.